The summed E-state index contributed by atoms with van der Waals surface area (Å²) in [5.74, 6) is 0.353. The molecule has 2 aromatic carbocycles. The van der Waals surface area contributed by atoms with Gasteiger partial charge in [-0.3, -0.25) is 10.2 Å². The van der Waals surface area contributed by atoms with Gasteiger partial charge >= 0.3 is 0 Å². The highest BCUT2D eigenvalue weighted by atomic mass is 32.2. The molecular weight excluding hydrogens is 380 g/mol. The number of sulfonamides is 1. The number of hydrazine groups is 1. The zero-order valence-electron chi connectivity index (χ0n) is 16.5. The minimum Gasteiger partial charge on any atom is -0.485 e. The highest BCUT2D eigenvalue weighted by Gasteiger charge is 2.29. The minimum absolute atomic E-state index is 0.00855. The Kier molecular flexibility index (Phi) is 5.36. The van der Waals surface area contributed by atoms with Gasteiger partial charge in [0.15, 0.2) is 11.5 Å². The van der Waals surface area contributed by atoms with Gasteiger partial charge < -0.3 is 9.47 Å². The Labute approximate surface area is 165 Å². The highest BCUT2D eigenvalue weighted by molar-refractivity contribution is 7.89. The summed E-state index contributed by atoms with van der Waals surface area (Å²) in [7, 11) is -3.96. The number of nitrogens with one attached hydrogen (secondary N) is 2. The Morgan fingerprint density at radius 2 is 1.46 bits per heavy atom. The normalized spacial score (nSPS) is 16.0. The largest absolute Gasteiger partial charge is 0.485 e. The zero-order valence-corrected chi connectivity index (χ0v) is 17.4. The van der Waals surface area contributed by atoms with Gasteiger partial charge in [-0.05, 0) is 74.6 Å². The van der Waals surface area contributed by atoms with Crippen molar-refractivity contribution in [3.63, 3.8) is 0 Å². The van der Waals surface area contributed by atoms with Crippen LogP contribution in [0.3, 0.4) is 0 Å². The number of hydrogen-bond donors (Lipinski definition) is 2. The molecule has 3 rings (SSSR count). The maximum Gasteiger partial charge on any atom is 0.279 e. The van der Waals surface area contributed by atoms with Crippen molar-refractivity contribution in [2.24, 2.45) is 0 Å². The summed E-state index contributed by atoms with van der Waals surface area (Å²) in [5, 5.41) is 0. The lowest BCUT2D eigenvalue weighted by Gasteiger charge is -2.25. The van der Waals surface area contributed by atoms with Crippen molar-refractivity contribution in [2.45, 2.75) is 45.6 Å². The van der Waals surface area contributed by atoms with Gasteiger partial charge in [0, 0.05) is 0 Å². The number of rotatable bonds is 4. The van der Waals surface area contributed by atoms with Crippen LogP contribution in [-0.4, -0.2) is 27.0 Å². The first kappa shape index (κ1) is 20.2. The summed E-state index contributed by atoms with van der Waals surface area (Å²) >= 11 is 0. The fourth-order valence-corrected chi connectivity index (χ4v) is 4.72. The quantitative estimate of drug-likeness (QED) is 0.763. The molecule has 2 aromatic rings. The van der Waals surface area contributed by atoms with Crippen molar-refractivity contribution in [1.29, 1.82) is 0 Å². The molecule has 1 aliphatic heterocycles. The molecule has 1 atom stereocenters. The zero-order chi connectivity index (χ0) is 20.6. The Morgan fingerprint density at radius 1 is 0.929 bits per heavy atom. The van der Waals surface area contributed by atoms with Crippen molar-refractivity contribution >= 4 is 15.9 Å². The van der Waals surface area contributed by atoms with Crippen molar-refractivity contribution in [3.05, 3.63) is 52.1 Å². The van der Waals surface area contributed by atoms with Crippen LogP contribution < -0.4 is 19.7 Å². The van der Waals surface area contributed by atoms with Crippen LogP contribution in [0.2, 0.25) is 0 Å². The van der Waals surface area contributed by atoms with Crippen LogP contribution in [0.15, 0.2) is 29.2 Å². The average Bonchev–Trinajstić information content (AvgIpc) is 2.68. The Balaban J connectivity index is 1.77. The van der Waals surface area contributed by atoms with Crippen LogP contribution in [-0.2, 0) is 14.8 Å². The van der Waals surface area contributed by atoms with E-state index in [1.165, 1.54) is 0 Å². The monoisotopic (exact) mass is 404 g/mol. The second kappa shape index (κ2) is 7.44. The number of benzene rings is 2. The SMILES string of the molecule is Cc1c(C)c(C)c(S(=O)(=O)NNC(=O)[C@H]2COc3ccccc3O2)c(C)c1C. The van der Waals surface area contributed by atoms with Crippen LogP contribution in [0.1, 0.15) is 27.8 Å². The van der Waals surface area contributed by atoms with E-state index in [1.54, 1.807) is 38.1 Å². The summed E-state index contributed by atoms with van der Waals surface area (Å²) in [4.78, 5) is 14.8. The Morgan fingerprint density at radius 3 is 2.07 bits per heavy atom. The molecule has 150 valence electrons. The number of fused-ring (bicyclic) bond motifs is 1. The molecular formula is C20H24N2O5S. The first-order valence-electron chi connectivity index (χ1n) is 8.90. The van der Waals surface area contributed by atoms with E-state index in [0.717, 1.165) is 16.7 Å². The smallest absolute Gasteiger partial charge is 0.279 e. The molecule has 0 spiro atoms. The predicted octanol–water partition coefficient (Wildman–Crippen LogP) is 2.38. The van der Waals surface area contributed by atoms with E-state index in [2.05, 4.69) is 10.3 Å². The fraction of sp³-hybridized carbons (Fsp3) is 0.350. The lowest BCUT2D eigenvalue weighted by Crippen LogP contribution is -2.50. The maximum atomic E-state index is 12.9. The summed E-state index contributed by atoms with van der Waals surface area (Å²) < 4.78 is 36.8. The molecule has 0 bridgehead atoms. The van der Waals surface area contributed by atoms with Crippen molar-refractivity contribution in [1.82, 2.24) is 10.3 Å². The second-order valence-electron chi connectivity index (χ2n) is 6.91. The molecule has 28 heavy (non-hydrogen) atoms. The third-order valence-electron chi connectivity index (χ3n) is 5.31. The number of hydrogen-bond acceptors (Lipinski definition) is 5. The number of para-hydroxylation sites is 2. The van der Waals surface area contributed by atoms with Crippen molar-refractivity contribution in [3.8, 4) is 11.5 Å². The molecule has 0 aliphatic carbocycles. The average molecular weight is 404 g/mol. The first-order valence-corrected chi connectivity index (χ1v) is 10.4. The van der Waals surface area contributed by atoms with Gasteiger partial charge in [0.1, 0.15) is 6.61 Å². The molecule has 1 amide bonds. The van der Waals surface area contributed by atoms with E-state index in [1.807, 2.05) is 20.8 Å². The molecule has 0 saturated carbocycles. The third-order valence-corrected chi connectivity index (χ3v) is 6.83. The molecule has 0 radical (unpaired) electrons. The lowest BCUT2D eigenvalue weighted by atomic mass is 9.95. The number of carbonyl (C=O) groups is 1. The molecule has 0 unspecified atom stereocenters. The number of ether oxygens (including phenoxy) is 2. The van der Waals surface area contributed by atoms with Gasteiger partial charge in [-0.15, -0.1) is 4.83 Å². The van der Waals surface area contributed by atoms with E-state index in [4.69, 9.17) is 9.47 Å². The molecule has 0 saturated heterocycles. The van der Waals surface area contributed by atoms with Gasteiger partial charge in [0.2, 0.25) is 6.10 Å². The summed E-state index contributed by atoms with van der Waals surface area (Å²) in [5.41, 5.74) is 6.45. The van der Waals surface area contributed by atoms with Crippen molar-refractivity contribution < 1.29 is 22.7 Å². The number of amides is 1. The lowest BCUT2D eigenvalue weighted by molar-refractivity contribution is -0.130. The molecule has 7 nitrogen and oxygen atoms in total. The van der Waals surface area contributed by atoms with Crippen LogP contribution in [0.25, 0.3) is 0 Å². The molecule has 0 aromatic heterocycles. The predicted molar refractivity (Wildman–Crippen MR) is 105 cm³/mol. The van der Waals surface area contributed by atoms with E-state index in [9.17, 15) is 13.2 Å². The number of carbonyl (C=O) groups excluding carboxylic acids is 1. The Bertz CT molecular complexity index is 1020. The first-order chi connectivity index (χ1) is 13.1. The van der Waals surface area contributed by atoms with E-state index < -0.39 is 22.0 Å². The molecule has 2 N–H and O–H groups in total. The van der Waals surface area contributed by atoms with Crippen LogP contribution in [0.4, 0.5) is 0 Å². The molecule has 0 fully saturated rings. The third kappa shape index (κ3) is 3.57. The van der Waals surface area contributed by atoms with Crippen molar-refractivity contribution in [2.75, 3.05) is 6.61 Å². The van der Waals surface area contributed by atoms with Gasteiger partial charge in [-0.1, -0.05) is 12.1 Å². The maximum absolute atomic E-state index is 12.9. The minimum atomic E-state index is -3.96. The highest BCUT2D eigenvalue weighted by Crippen LogP contribution is 2.31. The second-order valence-corrected chi connectivity index (χ2v) is 8.53. The summed E-state index contributed by atoms with van der Waals surface area (Å²) in [6.45, 7) is 9.26. The Hall–Kier alpha value is -2.58. The summed E-state index contributed by atoms with van der Waals surface area (Å²) in [6, 6.07) is 6.98. The molecule has 1 aliphatic rings. The van der Waals surface area contributed by atoms with Crippen LogP contribution in [0, 0.1) is 34.6 Å². The standard InChI is InChI=1S/C20H24N2O5S/c1-11-12(2)14(4)19(15(5)13(11)3)28(24,25)22-21-20(23)18-10-26-16-8-6-7-9-17(16)27-18/h6-9,18,22H,10H2,1-5H3,(H,21,23)/t18-/m1/s1. The van der Waals surface area contributed by atoms with Crippen LogP contribution >= 0.6 is 0 Å². The van der Waals surface area contributed by atoms with Crippen LogP contribution in [0.5, 0.6) is 11.5 Å². The van der Waals surface area contributed by atoms with Gasteiger partial charge in [-0.2, -0.15) is 0 Å². The molecule has 8 heteroatoms. The summed E-state index contributed by atoms with van der Waals surface area (Å²) in [6.07, 6.45) is -0.957. The molecule has 1 heterocycles. The van der Waals surface area contributed by atoms with Gasteiger partial charge in [0.05, 0.1) is 4.90 Å². The van der Waals surface area contributed by atoms with E-state index in [0.29, 0.717) is 22.6 Å². The fourth-order valence-electron chi connectivity index (χ4n) is 3.27. The van der Waals surface area contributed by atoms with Gasteiger partial charge in [-0.25, -0.2) is 8.42 Å². The van der Waals surface area contributed by atoms with E-state index in [-0.39, 0.29) is 11.5 Å². The van der Waals surface area contributed by atoms with E-state index >= 15 is 0 Å². The van der Waals surface area contributed by atoms with Gasteiger partial charge in [0.25, 0.3) is 15.9 Å². The topological polar surface area (TPSA) is 93.7 Å².